The predicted octanol–water partition coefficient (Wildman–Crippen LogP) is 2.27. The Labute approximate surface area is 110 Å². The summed E-state index contributed by atoms with van der Waals surface area (Å²) in [6.07, 6.45) is 1.74. The van der Waals surface area contributed by atoms with Crippen molar-refractivity contribution in [1.82, 2.24) is 4.37 Å². The van der Waals surface area contributed by atoms with Gasteiger partial charge >= 0.3 is 0 Å². The van der Waals surface area contributed by atoms with E-state index in [0.29, 0.717) is 5.56 Å². The van der Waals surface area contributed by atoms with Crippen molar-refractivity contribution < 1.29 is 5.11 Å². The van der Waals surface area contributed by atoms with Crippen molar-refractivity contribution >= 4 is 28.1 Å². The van der Waals surface area contributed by atoms with Gasteiger partial charge in [-0.3, -0.25) is 0 Å². The van der Waals surface area contributed by atoms with E-state index in [1.807, 2.05) is 6.92 Å². The van der Waals surface area contributed by atoms with E-state index in [0.717, 1.165) is 30.9 Å². The molecule has 1 aromatic heterocycles. The van der Waals surface area contributed by atoms with Crippen molar-refractivity contribution in [2.45, 2.75) is 25.9 Å². The third-order valence-electron chi connectivity index (χ3n) is 3.17. The molecule has 1 fully saturated rings. The minimum absolute atomic E-state index is 0.260. The zero-order chi connectivity index (χ0) is 12.4. The van der Waals surface area contributed by atoms with Gasteiger partial charge in [-0.25, -0.2) is 0 Å². The number of aliphatic hydroxyl groups is 1. The number of piperidine rings is 1. The number of halogens is 1. The van der Waals surface area contributed by atoms with Crippen LogP contribution in [-0.2, 0) is 0 Å². The van der Waals surface area contributed by atoms with Crippen LogP contribution in [0.15, 0.2) is 0 Å². The van der Waals surface area contributed by atoms with E-state index in [1.165, 1.54) is 11.5 Å². The van der Waals surface area contributed by atoms with Gasteiger partial charge in [0.2, 0.25) is 0 Å². The van der Waals surface area contributed by atoms with Crippen molar-refractivity contribution in [3.63, 3.8) is 0 Å². The molecule has 1 aliphatic heterocycles. The quantitative estimate of drug-likeness (QED) is 0.896. The van der Waals surface area contributed by atoms with Crippen LogP contribution in [0.4, 0.5) is 5.00 Å². The number of hydrogen-bond acceptors (Lipinski definition) is 5. The van der Waals surface area contributed by atoms with Crippen LogP contribution in [0.1, 0.15) is 25.3 Å². The SMILES string of the molecule is CC(O)C1CCCN(c2snc(Cl)c2C#N)C1. The van der Waals surface area contributed by atoms with Crippen molar-refractivity contribution in [3.8, 4) is 6.07 Å². The average Bonchev–Trinajstić information content (AvgIpc) is 2.70. The van der Waals surface area contributed by atoms with Crippen molar-refractivity contribution in [2.75, 3.05) is 18.0 Å². The van der Waals surface area contributed by atoms with Gasteiger partial charge in [0.1, 0.15) is 16.6 Å². The first kappa shape index (κ1) is 12.6. The van der Waals surface area contributed by atoms with E-state index in [1.54, 1.807) is 0 Å². The van der Waals surface area contributed by atoms with Crippen LogP contribution in [0.3, 0.4) is 0 Å². The summed E-state index contributed by atoms with van der Waals surface area (Å²) in [6.45, 7) is 3.49. The van der Waals surface area contributed by atoms with Crippen LogP contribution in [0.25, 0.3) is 0 Å². The van der Waals surface area contributed by atoms with Gasteiger partial charge in [0.15, 0.2) is 5.15 Å². The lowest BCUT2D eigenvalue weighted by Gasteiger charge is -2.34. The molecule has 6 heteroatoms. The van der Waals surface area contributed by atoms with E-state index in [4.69, 9.17) is 16.9 Å². The van der Waals surface area contributed by atoms with E-state index in [9.17, 15) is 5.11 Å². The van der Waals surface area contributed by atoms with E-state index < -0.39 is 0 Å². The normalized spacial score (nSPS) is 22.2. The van der Waals surface area contributed by atoms with Crippen molar-refractivity contribution in [1.29, 1.82) is 5.26 Å². The van der Waals surface area contributed by atoms with Crippen LogP contribution in [0.2, 0.25) is 5.15 Å². The number of anilines is 1. The highest BCUT2D eigenvalue weighted by molar-refractivity contribution is 7.10. The van der Waals surface area contributed by atoms with Crippen molar-refractivity contribution in [3.05, 3.63) is 10.7 Å². The molecule has 17 heavy (non-hydrogen) atoms. The van der Waals surface area contributed by atoms with Gasteiger partial charge in [-0.1, -0.05) is 11.6 Å². The second kappa shape index (κ2) is 5.21. The van der Waals surface area contributed by atoms with Gasteiger partial charge < -0.3 is 10.0 Å². The van der Waals surface area contributed by atoms with E-state index in [2.05, 4.69) is 15.3 Å². The lowest BCUT2D eigenvalue weighted by atomic mass is 9.93. The zero-order valence-corrected chi connectivity index (χ0v) is 11.1. The third-order valence-corrected chi connectivity index (χ3v) is 4.45. The maximum Gasteiger partial charge on any atom is 0.162 e. The summed E-state index contributed by atoms with van der Waals surface area (Å²) in [5.41, 5.74) is 0.461. The number of aliphatic hydroxyl groups excluding tert-OH is 1. The molecule has 4 nitrogen and oxygen atoms in total. The van der Waals surface area contributed by atoms with Crippen LogP contribution >= 0.6 is 23.1 Å². The first-order chi connectivity index (χ1) is 8.13. The van der Waals surface area contributed by atoms with Gasteiger partial charge in [0, 0.05) is 19.0 Å². The summed E-state index contributed by atoms with van der Waals surface area (Å²) < 4.78 is 4.01. The first-order valence-corrected chi connectivity index (χ1v) is 6.77. The summed E-state index contributed by atoms with van der Waals surface area (Å²) in [7, 11) is 0. The number of rotatable bonds is 2. The summed E-state index contributed by atoms with van der Waals surface area (Å²) in [6, 6.07) is 2.10. The highest BCUT2D eigenvalue weighted by Crippen LogP contribution is 2.34. The molecule has 0 spiro atoms. The van der Waals surface area contributed by atoms with Gasteiger partial charge in [-0.05, 0) is 31.3 Å². The molecule has 1 aromatic rings. The van der Waals surface area contributed by atoms with Gasteiger partial charge in [0.25, 0.3) is 0 Å². The molecule has 2 heterocycles. The monoisotopic (exact) mass is 271 g/mol. The maximum absolute atomic E-state index is 9.64. The molecule has 0 saturated carbocycles. The highest BCUT2D eigenvalue weighted by Gasteiger charge is 2.27. The van der Waals surface area contributed by atoms with Gasteiger partial charge in [0.05, 0.1) is 6.10 Å². The smallest absolute Gasteiger partial charge is 0.162 e. The van der Waals surface area contributed by atoms with E-state index in [-0.39, 0.29) is 17.2 Å². The number of nitrogens with zero attached hydrogens (tertiary/aromatic N) is 3. The summed E-state index contributed by atoms with van der Waals surface area (Å²) in [5.74, 6) is 0.260. The minimum Gasteiger partial charge on any atom is -0.393 e. The average molecular weight is 272 g/mol. The molecular formula is C11H14ClN3OS. The highest BCUT2D eigenvalue weighted by atomic mass is 35.5. The summed E-state index contributed by atoms with van der Waals surface area (Å²) in [5, 5.41) is 19.8. The molecule has 2 rings (SSSR count). The standard InChI is InChI=1S/C11H14ClN3OS/c1-7(16)8-3-2-4-15(6-8)11-9(5-13)10(12)14-17-11/h7-8,16H,2-4,6H2,1H3. The molecule has 0 amide bonds. The fourth-order valence-electron chi connectivity index (χ4n) is 2.16. The molecule has 2 unspecified atom stereocenters. The van der Waals surface area contributed by atoms with Gasteiger partial charge in [-0.15, -0.1) is 0 Å². The zero-order valence-electron chi connectivity index (χ0n) is 9.56. The molecular weight excluding hydrogens is 258 g/mol. The van der Waals surface area contributed by atoms with Crippen LogP contribution in [-0.4, -0.2) is 28.7 Å². The Hall–Kier alpha value is -0.830. The fraction of sp³-hybridized carbons (Fsp3) is 0.636. The lowest BCUT2D eigenvalue weighted by molar-refractivity contribution is 0.115. The maximum atomic E-state index is 9.64. The predicted molar refractivity (Wildman–Crippen MR) is 68.5 cm³/mol. The van der Waals surface area contributed by atoms with E-state index >= 15 is 0 Å². The van der Waals surface area contributed by atoms with Crippen LogP contribution in [0.5, 0.6) is 0 Å². The van der Waals surface area contributed by atoms with Crippen LogP contribution < -0.4 is 4.90 Å². The topological polar surface area (TPSA) is 60.1 Å². The molecule has 0 aliphatic carbocycles. The Morgan fingerprint density at radius 3 is 3.12 bits per heavy atom. The summed E-state index contributed by atoms with van der Waals surface area (Å²) in [4.78, 5) is 2.11. The molecule has 0 bridgehead atoms. The molecule has 1 saturated heterocycles. The largest absolute Gasteiger partial charge is 0.393 e. The summed E-state index contributed by atoms with van der Waals surface area (Å²) >= 11 is 7.12. The Bertz CT molecular complexity index is 440. The van der Waals surface area contributed by atoms with Crippen molar-refractivity contribution in [2.24, 2.45) is 5.92 Å². The number of aromatic nitrogens is 1. The second-order valence-corrected chi connectivity index (χ2v) is 5.46. The minimum atomic E-state index is -0.313. The Morgan fingerprint density at radius 1 is 1.71 bits per heavy atom. The third kappa shape index (κ3) is 2.54. The second-order valence-electron chi connectivity index (χ2n) is 4.35. The Kier molecular flexibility index (Phi) is 3.87. The molecule has 0 radical (unpaired) electrons. The number of hydrogen-bond donors (Lipinski definition) is 1. The molecule has 1 N–H and O–H groups in total. The Balaban J connectivity index is 2.19. The molecule has 2 atom stereocenters. The Morgan fingerprint density at radius 2 is 2.47 bits per heavy atom. The number of nitriles is 1. The molecule has 92 valence electrons. The first-order valence-electron chi connectivity index (χ1n) is 5.61. The van der Waals surface area contributed by atoms with Crippen LogP contribution in [0, 0.1) is 17.2 Å². The molecule has 0 aromatic carbocycles. The molecule has 1 aliphatic rings. The van der Waals surface area contributed by atoms with Gasteiger partial charge in [-0.2, -0.15) is 9.64 Å². The fourth-order valence-corrected chi connectivity index (χ4v) is 3.22. The lowest BCUT2D eigenvalue weighted by Crippen LogP contribution is -2.39.